The predicted octanol–water partition coefficient (Wildman–Crippen LogP) is 5.61. The van der Waals surface area contributed by atoms with Gasteiger partial charge in [-0.05, 0) is 53.8 Å². The van der Waals surface area contributed by atoms with Gasteiger partial charge in [-0.3, -0.25) is 4.79 Å². The van der Waals surface area contributed by atoms with Crippen LogP contribution in [0.3, 0.4) is 0 Å². The molecule has 0 aliphatic carbocycles. The largest absolute Gasteiger partial charge is 0.366 e. The van der Waals surface area contributed by atoms with Crippen molar-refractivity contribution in [3.8, 4) is 22.4 Å². The first kappa shape index (κ1) is 19.6. The third-order valence-electron chi connectivity index (χ3n) is 5.43. The van der Waals surface area contributed by atoms with Crippen LogP contribution in [-0.2, 0) is 13.0 Å². The molecule has 150 valence electrons. The number of hydrogen-bond donors (Lipinski definition) is 1. The van der Waals surface area contributed by atoms with Crippen LogP contribution in [0, 0.1) is 12.7 Å². The summed E-state index contributed by atoms with van der Waals surface area (Å²) >= 11 is 0. The van der Waals surface area contributed by atoms with E-state index in [0.29, 0.717) is 18.5 Å². The van der Waals surface area contributed by atoms with Crippen molar-refractivity contribution in [1.29, 1.82) is 0 Å². The van der Waals surface area contributed by atoms with E-state index in [9.17, 15) is 9.18 Å². The molecule has 0 aliphatic rings. The number of nitrogens with zero attached hydrogens (tertiary/aromatic N) is 1. The number of hydrogen-bond acceptors (Lipinski definition) is 1. The Balaban J connectivity index is 1.68. The molecule has 1 heterocycles. The highest BCUT2D eigenvalue weighted by Gasteiger charge is 2.17. The average Bonchev–Trinajstić information content (AvgIpc) is 3.09. The molecule has 30 heavy (non-hydrogen) atoms. The summed E-state index contributed by atoms with van der Waals surface area (Å²) in [6, 6.07) is 26.9. The first-order valence-electron chi connectivity index (χ1n) is 9.93. The highest BCUT2D eigenvalue weighted by atomic mass is 19.1. The number of nitrogens with two attached hydrogens (primary N) is 1. The molecule has 4 aromatic rings. The van der Waals surface area contributed by atoms with Crippen molar-refractivity contribution in [2.24, 2.45) is 5.73 Å². The summed E-state index contributed by atoms with van der Waals surface area (Å²) < 4.78 is 15.6. The Morgan fingerprint density at radius 1 is 0.867 bits per heavy atom. The number of carbonyl (C=O) groups is 1. The number of aryl methyl sites for hydroxylation is 1. The van der Waals surface area contributed by atoms with E-state index in [4.69, 9.17) is 5.73 Å². The van der Waals surface area contributed by atoms with Gasteiger partial charge in [-0.15, -0.1) is 0 Å². The lowest BCUT2D eigenvalue weighted by molar-refractivity contribution is 0.0999. The quantitative estimate of drug-likeness (QED) is 0.451. The highest BCUT2D eigenvalue weighted by molar-refractivity contribution is 5.95. The molecule has 0 unspecified atom stereocenters. The predicted molar refractivity (Wildman–Crippen MR) is 119 cm³/mol. The van der Waals surface area contributed by atoms with Crippen LogP contribution in [0.2, 0.25) is 0 Å². The second-order valence-corrected chi connectivity index (χ2v) is 7.37. The number of aromatic nitrogens is 1. The van der Waals surface area contributed by atoms with Crippen LogP contribution >= 0.6 is 0 Å². The second kappa shape index (κ2) is 8.37. The molecule has 0 atom stereocenters. The van der Waals surface area contributed by atoms with Crippen LogP contribution < -0.4 is 5.73 Å². The van der Waals surface area contributed by atoms with E-state index < -0.39 is 5.91 Å². The standard InChI is InChI=1S/C26H23FN2O/c1-18-24(26(28)30)17-25(29(18)15-14-19-6-5-9-23(27)16-19)22-12-10-21(11-13-22)20-7-3-2-4-8-20/h2-13,16-17H,14-15H2,1H3,(H2,28,30). The fourth-order valence-corrected chi connectivity index (χ4v) is 3.82. The number of primary amides is 1. The lowest BCUT2D eigenvalue weighted by Crippen LogP contribution is -2.13. The van der Waals surface area contributed by atoms with Crippen LogP contribution in [0.25, 0.3) is 22.4 Å². The molecule has 1 amide bonds. The normalized spacial score (nSPS) is 10.9. The fourth-order valence-electron chi connectivity index (χ4n) is 3.82. The monoisotopic (exact) mass is 398 g/mol. The van der Waals surface area contributed by atoms with Crippen molar-refractivity contribution in [2.75, 3.05) is 0 Å². The summed E-state index contributed by atoms with van der Waals surface area (Å²) in [7, 11) is 0. The second-order valence-electron chi connectivity index (χ2n) is 7.37. The zero-order valence-electron chi connectivity index (χ0n) is 16.8. The molecule has 0 fully saturated rings. The Kier molecular flexibility index (Phi) is 5.48. The topological polar surface area (TPSA) is 48.0 Å². The van der Waals surface area contributed by atoms with E-state index in [1.165, 1.54) is 6.07 Å². The molecule has 4 heteroatoms. The van der Waals surface area contributed by atoms with Crippen molar-refractivity contribution in [3.05, 3.63) is 108 Å². The molecule has 0 saturated heterocycles. The molecule has 3 aromatic carbocycles. The summed E-state index contributed by atoms with van der Waals surface area (Å²) in [6.45, 7) is 2.52. The van der Waals surface area contributed by atoms with Crippen molar-refractivity contribution in [2.45, 2.75) is 19.9 Å². The summed E-state index contributed by atoms with van der Waals surface area (Å²) in [5, 5.41) is 0. The van der Waals surface area contributed by atoms with Gasteiger partial charge < -0.3 is 10.3 Å². The summed E-state index contributed by atoms with van der Waals surface area (Å²) in [5.74, 6) is -0.689. The molecule has 0 spiro atoms. The minimum atomic E-state index is -0.445. The van der Waals surface area contributed by atoms with Crippen molar-refractivity contribution >= 4 is 5.91 Å². The van der Waals surface area contributed by atoms with Crippen molar-refractivity contribution in [3.63, 3.8) is 0 Å². The molecule has 4 rings (SSSR count). The van der Waals surface area contributed by atoms with Gasteiger partial charge in [-0.2, -0.15) is 0 Å². The Bertz CT molecular complexity index is 1180. The lowest BCUT2D eigenvalue weighted by Gasteiger charge is -2.13. The molecule has 0 aliphatic heterocycles. The Hall–Kier alpha value is -3.66. The van der Waals surface area contributed by atoms with Gasteiger partial charge in [-0.1, -0.05) is 66.7 Å². The zero-order chi connectivity index (χ0) is 21.1. The Morgan fingerprint density at radius 3 is 2.20 bits per heavy atom. The highest BCUT2D eigenvalue weighted by Crippen LogP contribution is 2.29. The van der Waals surface area contributed by atoms with Crippen molar-refractivity contribution < 1.29 is 9.18 Å². The van der Waals surface area contributed by atoms with E-state index in [-0.39, 0.29) is 5.82 Å². The van der Waals surface area contributed by atoms with Gasteiger partial charge in [0.05, 0.1) is 5.56 Å². The lowest BCUT2D eigenvalue weighted by atomic mass is 10.0. The minimum Gasteiger partial charge on any atom is -0.366 e. The van der Waals surface area contributed by atoms with Gasteiger partial charge in [0.2, 0.25) is 0 Å². The van der Waals surface area contributed by atoms with Crippen molar-refractivity contribution in [1.82, 2.24) is 4.57 Å². The first-order chi connectivity index (χ1) is 14.5. The Labute approximate surface area is 175 Å². The van der Waals surface area contributed by atoms with Gasteiger partial charge >= 0.3 is 0 Å². The summed E-state index contributed by atoms with van der Waals surface area (Å²) in [5.41, 5.74) is 12.1. The molecule has 2 N–H and O–H groups in total. The van der Waals surface area contributed by atoms with E-state index in [1.807, 2.05) is 37.3 Å². The van der Waals surface area contributed by atoms with Gasteiger partial charge in [0.15, 0.2) is 0 Å². The van der Waals surface area contributed by atoms with E-state index in [0.717, 1.165) is 33.6 Å². The van der Waals surface area contributed by atoms with Crippen LogP contribution in [0.1, 0.15) is 21.6 Å². The maximum Gasteiger partial charge on any atom is 0.250 e. The van der Waals surface area contributed by atoms with Crippen LogP contribution in [0.5, 0.6) is 0 Å². The van der Waals surface area contributed by atoms with Crippen LogP contribution in [0.15, 0.2) is 84.9 Å². The van der Waals surface area contributed by atoms with E-state index >= 15 is 0 Å². The van der Waals surface area contributed by atoms with E-state index in [2.05, 4.69) is 41.0 Å². The maximum absolute atomic E-state index is 13.5. The number of rotatable bonds is 6. The van der Waals surface area contributed by atoms with Gasteiger partial charge in [0, 0.05) is 17.9 Å². The number of amides is 1. The van der Waals surface area contributed by atoms with Crippen LogP contribution in [0.4, 0.5) is 4.39 Å². The summed E-state index contributed by atoms with van der Waals surface area (Å²) in [4.78, 5) is 11.9. The molecule has 0 saturated carbocycles. The zero-order valence-corrected chi connectivity index (χ0v) is 16.8. The molecule has 1 aromatic heterocycles. The van der Waals surface area contributed by atoms with Crippen LogP contribution in [-0.4, -0.2) is 10.5 Å². The molecule has 3 nitrogen and oxygen atoms in total. The molecule has 0 bridgehead atoms. The fraction of sp³-hybridized carbons (Fsp3) is 0.115. The van der Waals surface area contributed by atoms with E-state index in [1.54, 1.807) is 12.1 Å². The van der Waals surface area contributed by atoms with Gasteiger partial charge in [0.1, 0.15) is 5.82 Å². The SMILES string of the molecule is Cc1c(C(N)=O)cc(-c2ccc(-c3ccccc3)cc2)n1CCc1cccc(F)c1. The third-order valence-corrected chi connectivity index (χ3v) is 5.43. The summed E-state index contributed by atoms with van der Waals surface area (Å²) in [6.07, 6.45) is 0.653. The molecule has 0 radical (unpaired) electrons. The number of benzene rings is 3. The van der Waals surface area contributed by atoms with Gasteiger partial charge in [-0.25, -0.2) is 4.39 Å². The first-order valence-corrected chi connectivity index (χ1v) is 9.93. The third kappa shape index (κ3) is 4.03. The van der Waals surface area contributed by atoms with Gasteiger partial charge in [0.25, 0.3) is 5.91 Å². The molecular weight excluding hydrogens is 375 g/mol. The maximum atomic E-state index is 13.5. The number of halogens is 1. The molecular formula is C26H23FN2O. The minimum absolute atomic E-state index is 0.244. The smallest absolute Gasteiger partial charge is 0.250 e. The average molecular weight is 398 g/mol. The number of carbonyl (C=O) groups excluding carboxylic acids is 1. The Morgan fingerprint density at radius 2 is 1.53 bits per heavy atom.